The first-order valence-electron chi connectivity index (χ1n) is 4.74. The average molecular weight is 234 g/mol. The van der Waals surface area contributed by atoms with Gasteiger partial charge in [0.25, 0.3) is 0 Å². The van der Waals surface area contributed by atoms with Gasteiger partial charge in [-0.3, -0.25) is 0 Å². The van der Waals surface area contributed by atoms with Crippen molar-refractivity contribution >= 4 is 10.5 Å². The molecule has 0 unspecified atom stereocenters. The van der Waals surface area contributed by atoms with Crippen LogP contribution in [0.3, 0.4) is 0 Å². The van der Waals surface area contributed by atoms with Crippen LogP contribution in [0, 0.1) is 0 Å². The monoisotopic (exact) mass is 234 g/mol. The highest BCUT2D eigenvalue weighted by molar-refractivity contribution is 7.81. The molecule has 0 aliphatic heterocycles. The van der Waals surface area contributed by atoms with E-state index in [-0.39, 0.29) is 5.75 Å². The molecule has 0 saturated heterocycles. The molecule has 0 aromatic heterocycles. The summed E-state index contributed by atoms with van der Waals surface area (Å²) >= 11 is 0. The zero-order chi connectivity index (χ0) is 11.9. The van der Waals surface area contributed by atoms with Crippen molar-refractivity contribution in [3.05, 3.63) is 29.8 Å². The summed E-state index contributed by atoms with van der Waals surface area (Å²) in [5, 5.41) is 0. The maximum atomic E-state index is 12.1. The van der Waals surface area contributed by atoms with Gasteiger partial charge in [0.05, 0.1) is 0 Å². The summed E-state index contributed by atoms with van der Waals surface area (Å²) in [5.74, 6) is 0.00171. The summed E-state index contributed by atoms with van der Waals surface area (Å²) in [6.07, 6.45) is 0.740. The third-order valence-corrected chi connectivity index (χ3v) is 1.89. The first-order chi connectivity index (χ1) is 7.01. The summed E-state index contributed by atoms with van der Waals surface area (Å²) in [7, 11) is -4.90. The van der Waals surface area contributed by atoms with Gasteiger partial charge in [-0.1, -0.05) is 36.8 Å². The Balaban J connectivity index is 0.000000921. The zero-order valence-corrected chi connectivity index (χ0v) is 9.84. The normalized spacial score (nSPS) is 10.1. The van der Waals surface area contributed by atoms with Gasteiger partial charge in [0, 0.05) is 0 Å². The van der Waals surface area contributed by atoms with Crippen LogP contribution in [0.2, 0.25) is 0 Å². The molecule has 0 saturated carbocycles. The molecule has 0 bridgehead atoms. The molecule has 0 spiro atoms. The molecule has 1 aromatic rings. The van der Waals surface area contributed by atoms with Crippen LogP contribution in [0.15, 0.2) is 24.3 Å². The molecule has 0 fully saturated rings. The van der Waals surface area contributed by atoms with E-state index in [0.717, 1.165) is 12.0 Å². The highest BCUT2D eigenvalue weighted by Gasteiger charge is 2.08. The SMILES string of the molecule is CC.CCc1cccc(OS(=O)(=O)F)c1. The van der Waals surface area contributed by atoms with Crippen molar-refractivity contribution < 1.29 is 16.5 Å². The van der Waals surface area contributed by atoms with Gasteiger partial charge in [0.15, 0.2) is 0 Å². The zero-order valence-electron chi connectivity index (χ0n) is 9.03. The van der Waals surface area contributed by atoms with Gasteiger partial charge < -0.3 is 4.18 Å². The maximum Gasteiger partial charge on any atom is 0.488 e. The second kappa shape index (κ2) is 6.40. The Morgan fingerprint density at radius 1 is 1.33 bits per heavy atom. The summed E-state index contributed by atoms with van der Waals surface area (Å²) in [4.78, 5) is 0. The molecule has 15 heavy (non-hydrogen) atoms. The number of rotatable bonds is 3. The molecule has 86 valence electrons. The summed E-state index contributed by atoms with van der Waals surface area (Å²) in [5.41, 5.74) is 0.890. The predicted octanol–water partition coefficient (Wildman–Crippen LogP) is 2.87. The number of halogens is 1. The van der Waals surface area contributed by atoms with E-state index in [0.29, 0.717) is 0 Å². The Morgan fingerprint density at radius 3 is 2.40 bits per heavy atom. The van der Waals surface area contributed by atoms with E-state index in [2.05, 4.69) is 4.18 Å². The fourth-order valence-corrected chi connectivity index (χ4v) is 1.27. The molecule has 0 atom stereocenters. The van der Waals surface area contributed by atoms with Crippen LogP contribution < -0.4 is 4.18 Å². The van der Waals surface area contributed by atoms with Crippen molar-refractivity contribution in [3.63, 3.8) is 0 Å². The minimum Gasteiger partial charge on any atom is -0.358 e. The molecule has 3 nitrogen and oxygen atoms in total. The molecule has 1 aromatic carbocycles. The molecule has 1 rings (SSSR count). The number of aryl methyl sites for hydroxylation is 1. The molecule has 0 amide bonds. The smallest absolute Gasteiger partial charge is 0.358 e. The Kier molecular flexibility index (Phi) is 5.93. The van der Waals surface area contributed by atoms with Gasteiger partial charge in [-0.25, -0.2) is 0 Å². The lowest BCUT2D eigenvalue weighted by atomic mass is 10.2. The maximum absolute atomic E-state index is 12.1. The van der Waals surface area contributed by atoms with E-state index in [1.165, 1.54) is 12.1 Å². The van der Waals surface area contributed by atoms with E-state index in [4.69, 9.17) is 0 Å². The van der Waals surface area contributed by atoms with Gasteiger partial charge in [-0.2, -0.15) is 8.42 Å². The average Bonchev–Trinajstić information content (AvgIpc) is 2.19. The fraction of sp³-hybridized carbons (Fsp3) is 0.400. The summed E-state index contributed by atoms with van der Waals surface area (Å²) in [6.45, 7) is 5.91. The summed E-state index contributed by atoms with van der Waals surface area (Å²) < 4.78 is 36.3. The quantitative estimate of drug-likeness (QED) is 0.755. The predicted molar refractivity (Wildman–Crippen MR) is 57.8 cm³/mol. The lowest BCUT2D eigenvalue weighted by molar-refractivity contribution is 0.440. The number of benzene rings is 1. The lowest BCUT2D eigenvalue weighted by Crippen LogP contribution is -2.01. The third-order valence-electron chi connectivity index (χ3n) is 1.50. The molecule has 0 N–H and O–H groups in total. The van der Waals surface area contributed by atoms with Crippen LogP contribution in [0.4, 0.5) is 3.89 Å². The van der Waals surface area contributed by atoms with Crippen LogP contribution in [0.1, 0.15) is 26.3 Å². The largest absolute Gasteiger partial charge is 0.488 e. The van der Waals surface area contributed by atoms with Crippen molar-refractivity contribution in [2.45, 2.75) is 27.2 Å². The van der Waals surface area contributed by atoms with Crippen molar-refractivity contribution in [3.8, 4) is 5.75 Å². The summed E-state index contributed by atoms with van der Waals surface area (Å²) in [6, 6.07) is 6.28. The Morgan fingerprint density at radius 2 is 1.93 bits per heavy atom. The van der Waals surface area contributed by atoms with Gasteiger partial charge in [-0.15, -0.1) is 0 Å². The first-order valence-corrected chi connectivity index (χ1v) is 6.05. The van der Waals surface area contributed by atoms with Crippen LogP contribution in [-0.4, -0.2) is 8.42 Å². The second-order valence-corrected chi connectivity index (χ2v) is 3.43. The molecule has 0 aliphatic rings. The Labute approximate surface area is 90.3 Å². The first kappa shape index (κ1) is 13.9. The van der Waals surface area contributed by atoms with Crippen molar-refractivity contribution in [2.24, 2.45) is 0 Å². The van der Waals surface area contributed by atoms with Crippen molar-refractivity contribution in [1.82, 2.24) is 0 Å². The molecule has 0 aliphatic carbocycles. The van der Waals surface area contributed by atoms with E-state index < -0.39 is 10.5 Å². The fourth-order valence-electron chi connectivity index (χ4n) is 0.932. The topological polar surface area (TPSA) is 43.4 Å². The van der Waals surface area contributed by atoms with Crippen LogP contribution >= 0.6 is 0 Å². The van der Waals surface area contributed by atoms with E-state index in [1.807, 2.05) is 20.8 Å². The van der Waals surface area contributed by atoms with Crippen molar-refractivity contribution in [1.29, 1.82) is 0 Å². The standard InChI is InChI=1S/C8H9FO3S.C2H6/c1-2-7-4-3-5-8(6-7)12-13(9,10)11;1-2/h3-6H,2H2,1H3;1-2H3. The minimum atomic E-state index is -4.90. The lowest BCUT2D eigenvalue weighted by Gasteiger charge is -2.01. The third kappa shape index (κ3) is 6.06. The van der Waals surface area contributed by atoms with E-state index in [1.54, 1.807) is 12.1 Å². The van der Waals surface area contributed by atoms with Crippen molar-refractivity contribution in [2.75, 3.05) is 0 Å². The molecule has 0 radical (unpaired) electrons. The highest BCUT2D eigenvalue weighted by Crippen LogP contribution is 2.15. The van der Waals surface area contributed by atoms with Gasteiger partial charge in [0.1, 0.15) is 5.75 Å². The van der Waals surface area contributed by atoms with Gasteiger partial charge in [0.2, 0.25) is 0 Å². The minimum absolute atomic E-state index is 0.00171. The molecular weight excluding hydrogens is 219 g/mol. The Bertz CT molecular complexity index is 387. The number of hydrogen-bond donors (Lipinski definition) is 0. The van der Waals surface area contributed by atoms with Crippen LogP contribution in [0.25, 0.3) is 0 Å². The number of hydrogen-bond acceptors (Lipinski definition) is 3. The van der Waals surface area contributed by atoms with Crippen LogP contribution in [0.5, 0.6) is 5.75 Å². The second-order valence-electron chi connectivity index (χ2n) is 2.48. The Hall–Kier alpha value is -1.10. The molecule has 5 heteroatoms. The van der Waals surface area contributed by atoms with Gasteiger partial charge in [-0.05, 0) is 24.1 Å². The van der Waals surface area contributed by atoms with E-state index >= 15 is 0 Å². The molecule has 0 heterocycles. The van der Waals surface area contributed by atoms with Gasteiger partial charge >= 0.3 is 10.5 Å². The van der Waals surface area contributed by atoms with Crippen LogP contribution in [-0.2, 0) is 16.9 Å². The highest BCUT2D eigenvalue weighted by atomic mass is 32.3. The molecular formula is C10H15FO3S. The van der Waals surface area contributed by atoms with E-state index in [9.17, 15) is 12.3 Å².